The van der Waals surface area contributed by atoms with E-state index in [2.05, 4.69) is 19.9 Å². The molecule has 0 N–H and O–H groups in total. The zero-order valence-electron chi connectivity index (χ0n) is 8.80. The third-order valence-electron chi connectivity index (χ3n) is 1.96. The second-order valence-electron chi connectivity index (χ2n) is 3.10. The van der Waals surface area contributed by atoms with Crippen LogP contribution in [0.25, 0.3) is 11.4 Å². The molecular weight excluding hydrogens is 210 g/mol. The van der Waals surface area contributed by atoms with Gasteiger partial charge in [0.2, 0.25) is 5.82 Å². The van der Waals surface area contributed by atoms with Crippen LogP contribution in [-0.4, -0.2) is 28.2 Å². The van der Waals surface area contributed by atoms with Crippen LogP contribution < -0.4 is 0 Å². The molecule has 2 aromatic heterocycles. The number of carbonyl (C=O) groups excluding carboxylic acids is 1. The normalized spacial score (nSPS) is 10.1. The summed E-state index contributed by atoms with van der Waals surface area (Å²) in [6.45, 7) is 1.87. The molecule has 0 aliphatic carbocycles. The molecule has 6 heteroatoms. The van der Waals surface area contributed by atoms with E-state index in [9.17, 15) is 4.79 Å². The number of rotatable bonds is 2. The summed E-state index contributed by atoms with van der Waals surface area (Å²) >= 11 is 0. The van der Waals surface area contributed by atoms with Crippen LogP contribution in [-0.2, 0) is 4.74 Å². The quantitative estimate of drug-likeness (QED) is 0.707. The smallest absolute Gasteiger partial charge is 0.397 e. The van der Waals surface area contributed by atoms with Crippen LogP contribution in [0.4, 0.5) is 0 Å². The maximum Gasteiger partial charge on any atom is 0.397 e. The molecule has 0 unspecified atom stereocenters. The first-order chi connectivity index (χ1) is 7.70. The molecule has 0 saturated carbocycles. The lowest BCUT2D eigenvalue weighted by atomic mass is 10.2. The van der Waals surface area contributed by atoms with E-state index < -0.39 is 5.97 Å². The Balaban J connectivity index is 2.31. The molecule has 2 aromatic rings. The topological polar surface area (TPSA) is 78.1 Å². The summed E-state index contributed by atoms with van der Waals surface area (Å²) in [4.78, 5) is 19.1. The first kappa shape index (κ1) is 10.3. The lowest BCUT2D eigenvalue weighted by molar-refractivity contribution is 0.0545. The van der Waals surface area contributed by atoms with Gasteiger partial charge in [0.05, 0.1) is 7.11 Å². The van der Waals surface area contributed by atoms with Crippen LogP contribution in [0.3, 0.4) is 0 Å². The van der Waals surface area contributed by atoms with Gasteiger partial charge in [0.25, 0.3) is 0 Å². The molecule has 2 heterocycles. The van der Waals surface area contributed by atoms with Crippen LogP contribution in [0, 0.1) is 6.92 Å². The zero-order valence-corrected chi connectivity index (χ0v) is 8.80. The molecule has 0 saturated heterocycles. The fourth-order valence-corrected chi connectivity index (χ4v) is 1.11. The lowest BCUT2D eigenvalue weighted by Gasteiger charge is -1.93. The fraction of sp³-hybridized carbons (Fsp3) is 0.200. The molecule has 0 aromatic carbocycles. The number of esters is 1. The van der Waals surface area contributed by atoms with E-state index in [1.165, 1.54) is 7.11 Å². The van der Waals surface area contributed by atoms with Crippen molar-refractivity contribution in [1.29, 1.82) is 0 Å². The highest BCUT2D eigenvalue weighted by atomic mass is 16.6. The Bertz CT molecular complexity index is 504. The van der Waals surface area contributed by atoms with E-state index in [0.717, 1.165) is 5.69 Å². The third kappa shape index (κ3) is 1.90. The van der Waals surface area contributed by atoms with Gasteiger partial charge >= 0.3 is 11.9 Å². The van der Waals surface area contributed by atoms with Crippen LogP contribution >= 0.6 is 0 Å². The average molecular weight is 219 g/mol. The van der Waals surface area contributed by atoms with Crippen LogP contribution in [0.15, 0.2) is 22.9 Å². The molecule has 0 fully saturated rings. The Hall–Kier alpha value is -2.24. The van der Waals surface area contributed by atoms with Crippen LogP contribution in [0.1, 0.15) is 16.4 Å². The van der Waals surface area contributed by atoms with Gasteiger partial charge in [-0.15, -0.1) is 0 Å². The lowest BCUT2D eigenvalue weighted by Crippen LogP contribution is -2.00. The van der Waals surface area contributed by atoms with Gasteiger partial charge in [0.1, 0.15) is 0 Å². The first-order valence-corrected chi connectivity index (χ1v) is 4.56. The SMILES string of the molecule is COC(=O)c1nc(-c2ccc(C)nc2)no1. The van der Waals surface area contributed by atoms with Crippen molar-refractivity contribution in [1.82, 2.24) is 15.1 Å². The number of aryl methyl sites for hydroxylation is 1. The Morgan fingerprint density at radius 1 is 1.44 bits per heavy atom. The van der Waals surface area contributed by atoms with Gasteiger partial charge in [-0.05, 0) is 19.1 Å². The molecular formula is C10H9N3O3. The highest BCUT2D eigenvalue weighted by molar-refractivity contribution is 5.84. The Morgan fingerprint density at radius 2 is 2.25 bits per heavy atom. The predicted octanol–water partition coefficient (Wildman–Crippen LogP) is 1.23. The maximum atomic E-state index is 11.1. The summed E-state index contributed by atoms with van der Waals surface area (Å²) < 4.78 is 9.19. The second kappa shape index (κ2) is 4.09. The van der Waals surface area contributed by atoms with Crippen molar-refractivity contribution in [2.24, 2.45) is 0 Å². The summed E-state index contributed by atoms with van der Waals surface area (Å²) in [5.74, 6) is -0.509. The monoisotopic (exact) mass is 219 g/mol. The highest BCUT2D eigenvalue weighted by Crippen LogP contribution is 2.14. The minimum absolute atomic E-state index is 0.168. The number of aromatic nitrogens is 3. The summed E-state index contributed by atoms with van der Waals surface area (Å²) in [6.07, 6.45) is 1.61. The number of nitrogens with zero attached hydrogens (tertiary/aromatic N) is 3. The first-order valence-electron chi connectivity index (χ1n) is 4.56. The van der Waals surface area contributed by atoms with E-state index in [-0.39, 0.29) is 5.89 Å². The van der Waals surface area contributed by atoms with E-state index in [4.69, 9.17) is 4.52 Å². The second-order valence-corrected chi connectivity index (χ2v) is 3.10. The number of pyridine rings is 1. The molecule has 0 radical (unpaired) electrons. The molecule has 0 spiro atoms. The number of hydrogen-bond acceptors (Lipinski definition) is 6. The van der Waals surface area contributed by atoms with Gasteiger partial charge in [0, 0.05) is 17.5 Å². The Labute approximate surface area is 91.3 Å². The fourth-order valence-electron chi connectivity index (χ4n) is 1.11. The molecule has 6 nitrogen and oxygen atoms in total. The number of hydrogen-bond donors (Lipinski definition) is 0. The molecule has 2 rings (SSSR count). The van der Waals surface area contributed by atoms with Gasteiger partial charge in [-0.3, -0.25) is 4.98 Å². The number of ether oxygens (including phenoxy) is 1. The van der Waals surface area contributed by atoms with E-state index in [1.54, 1.807) is 12.3 Å². The van der Waals surface area contributed by atoms with Crippen molar-refractivity contribution in [2.45, 2.75) is 6.92 Å². The largest absolute Gasteiger partial charge is 0.462 e. The molecule has 0 aliphatic rings. The summed E-state index contributed by atoms with van der Waals surface area (Å²) in [5.41, 5.74) is 1.57. The molecule has 0 aliphatic heterocycles. The summed E-state index contributed by atoms with van der Waals surface area (Å²) in [5, 5.41) is 3.66. The van der Waals surface area contributed by atoms with Crippen molar-refractivity contribution >= 4 is 5.97 Å². The van der Waals surface area contributed by atoms with Crippen molar-refractivity contribution in [3.05, 3.63) is 29.9 Å². The van der Waals surface area contributed by atoms with E-state index in [0.29, 0.717) is 11.4 Å². The minimum Gasteiger partial charge on any atom is -0.462 e. The predicted molar refractivity (Wildman–Crippen MR) is 53.6 cm³/mol. The van der Waals surface area contributed by atoms with E-state index in [1.807, 2.05) is 13.0 Å². The van der Waals surface area contributed by atoms with Gasteiger partial charge in [-0.2, -0.15) is 4.98 Å². The number of methoxy groups -OCH3 is 1. The summed E-state index contributed by atoms with van der Waals surface area (Å²) in [6, 6.07) is 3.62. The van der Waals surface area contributed by atoms with Crippen molar-refractivity contribution < 1.29 is 14.1 Å². The van der Waals surface area contributed by atoms with Crippen molar-refractivity contribution in [3.8, 4) is 11.4 Å². The molecule has 0 amide bonds. The van der Waals surface area contributed by atoms with Crippen molar-refractivity contribution in [3.63, 3.8) is 0 Å². The summed E-state index contributed by atoms with van der Waals surface area (Å²) in [7, 11) is 1.25. The van der Waals surface area contributed by atoms with Crippen LogP contribution in [0.5, 0.6) is 0 Å². The van der Waals surface area contributed by atoms with Gasteiger partial charge in [-0.1, -0.05) is 5.16 Å². The molecule has 82 valence electrons. The highest BCUT2D eigenvalue weighted by Gasteiger charge is 2.16. The minimum atomic E-state index is -0.654. The Morgan fingerprint density at radius 3 is 2.88 bits per heavy atom. The standard InChI is InChI=1S/C10H9N3O3/c1-6-3-4-7(5-11-6)8-12-9(16-13-8)10(14)15-2/h3-5H,1-2H3. The molecule has 0 atom stereocenters. The van der Waals surface area contributed by atoms with Gasteiger partial charge < -0.3 is 9.26 Å². The van der Waals surface area contributed by atoms with Gasteiger partial charge in [0.15, 0.2) is 0 Å². The molecule has 16 heavy (non-hydrogen) atoms. The number of carbonyl (C=O) groups is 1. The third-order valence-corrected chi connectivity index (χ3v) is 1.96. The Kier molecular flexibility index (Phi) is 2.63. The molecule has 0 bridgehead atoms. The van der Waals surface area contributed by atoms with Gasteiger partial charge in [-0.25, -0.2) is 4.79 Å². The van der Waals surface area contributed by atoms with E-state index >= 15 is 0 Å². The zero-order chi connectivity index (χ0) is 11.5. The van der Waals surface area contributed by atoms with Crippen molar-refractivity contribution in [2.75, 3.05) is 7.11 Å². The average Bonchev–Trinajstić information content (AvgIpc) is 2.78. The maximum absolute atomic E-state index is 11.1. The van der Waals surface area contributed by atoms with Crippen LogP contribution in [0.2, 0.25) is 0 Å².